The predicted octanol–water partition coefficient (Wildman–Crippen LogP) is 3.63. The molecule has 0 aliphatic carbocycles. The minimum absolute atomic E-state index is 0.103. The first-order valence-electron chi connectivity index (χ1n) is 14.8. The Morgan fingerprint density at radius 3 is 2.04 bits per heavy atom. The fraction of sp³-hybridized carbons (Fsp3) is 0.0938. The van der Waals surface area contributed by atoms with Gasteiger partial charge in [0.15, 0.2) is 28.1 Å². The number of nitrogens with two attached hydrogens (primary N) is 3. The van der Waals surface area contributed by atoms with Crippen molar-refractivity contribution in [3.05, 3.63) is 101 Å². The minimum Gasteiger partial charge on any atom is -0.463 e. The van der Waals surface area contributed by atoms with Gasteiger partial charge < -0.3 is 26.9 Å². The van der Waals surface area contributed by atoms with E-state index in [1.165, 1.54) is 0 Å². The van der Waals surface area contributed by atoms with Crippen LogP contribution in [0.15, 0.2) is 88.9 Å². The maximum Gasteiger partial charge on any atom is 0.251 e. The maximum atomic E-state index is 11.8. The van der Waals surface area contributed by atoms with E-state index in [0.717, 1.165) is 16.0 Å². The van der Waals surface area contributed by atoms with Crippen LogP contribution in [-0.4, -0.2) is 62.9 Å². The third kappa shape index (κ3) is 6.45. The summed E-state index contributed by atoms with van der Waals surface area (Å²) in [5.41, 5.74) is 24.2. The quantitative estimate of drug-likeness (QED) is 0.177. The monoisotopic (exact) mass is 672 g/mol. The Morgan fingerprint density at radius 1 is 0.776 bits per heavy atom. The first-order chi connectivity index (χ1) is 23.9. The summed E-state index contributed by atoms with van der Waals surface area (Å²) in [5, 5.41) is 21.4. The van der Waals surface area contributed by atoms with Crippen LogP contribution in [0.4, 0.5) is 17.6 Å². The van der Waals surface area contributed by atoms with Crippen LogP contribution >= 0.6 is 11.3 Å². The molecule has 6 aromatic heterocycles. The Bertz CT molecular complexity index is 2400. The van der Waals surface area contributed by atoms with Gasteiger partial charge in [0.1, 0.15) is 11.4 Å². The van der Waals surface area contributed by atoms with Crippen LogP contribution in [0.5, 0.6) is 0 Å². The van der Waals surface area contributed by atoms with Gasteiger partial charge in [-0.2, -0.15) is 9.97 Å². The lowest BCUT2D eigenvalue weighted by molar-refractivity contribution is 0.0963. The molecule has 8 rings (SSSR count). The number of hydrogen-bond donors (Lipinski definition) is 4. The van der Waals surface area contributed by atoms with E-state index in [1.807, 2.05) is 53.9 Å². The number of nitrogens with zero attached hydrogens (tertiary/aromatic N) is 10. The Hall–Kier alpha value is -6.75. The average Bonchev–Trinajstić information content (AvgIpc) is 3.94. The first kappa shape index (κ1) is 30.9. The van der Waals surface area contributed by atoms with E-state index in [1.54, 1.807) is 58.3 Å². The number of anilines is 3. The number of fused-ring (bicyclic) bond motifs is 2. The second-order valence-corrected chi connectivity index (χ2v) is 11.6. The standard InChI is InChI=1S/C17H15N7O2.C15H13N7S/c1-19-16(25)11-5-2-4-10(8-11)9-24-15-14(22-23-24)13(20-17(18)21-15)12-6-3-7-26-12;16-10-4-1-3-9(7-10)8-22-14-13(20-21-22)12(18-15(17)19-14)11-5-2-6-23-11/h2-8H,9H2,1H3,(H,19,25)(H2,18,20,21);1-7H,8,16H2,(H2,17,18,19). The summed E-state index contributed by atoms with van der Waals surface area (Å²) in [6.07, 6.45) is 1.55. The zero-order chi connectivity index (χ0) is 33.9. The highest BCUT2D eigenvalue weighted by atomic mass is 32.1. The van der Waals surface area contributed by atoms with Gasteiger partial charge in [0, 0.05) is 18.3 Å². The normalized spacial score (nSPS) is 11.0. The van der Waals surface area contributed by atoms with Crippen LogP contribution in [-0.2, 0) is 13.1 Å². The van der Waals surface area contributed by atoms with E-state index in [0.29, 0.717) is 63.8 Å². The second-order valence-electron chi connectivity index (χ2n) is 10.7. The third-order valence-corrected chi connectivity index (χ3v) is 8.18. The third-order valence-electron chi connectivity index (χ3n) is 7.30. The molecule has 244 valence electrons. The number of carbonyl (C=O) groups is 1. The molecular weight excluding hydrogens is 645 g/mol. The van der Waals surface area contributed by atoms with Crippen molar-refractivity contribution in [3.8, 4) is 22.0 Å². The van der Waals surface area contributed by atoms with E-state index in [2.05, 4.69) is 45.9 Å². The van der Waals surface area contributed by atoms with Crippen molar-refractivity contribution in [3.63, 3.8) is 0 Å². The highest BCUT2D eigenvalue weighted by molar-refractivity contribution is 7.13. The summed E-state index contributed by atoms with van der Waals surface area (Å²) < 4.78 is 8.72. The molecule has 0 fully saturated rings. The fourth-order valence-corrected chi connectivity index (χ4v) is 5.84. The number of furan rings is 1. The van der Waals surface area contributed by atoms with E-state index >= 15 is 0 Å². The van der Waals surface area contributed by atoms with Gasteiger partial charge in [0.05, 0.1) is 24.2 Å². The van der Waals surface area contributed by atoms with Crippen LogP contribution in [0.25, 0.3) is 44.4 Å². The topological polar surface area (TPSA) is 233 Å². The number of hydrogen-bond acceptors (Lipinski definition) is 14. The van der Waals surface area contributed by atoms with Crippen molar-refractivity contribution >= 4 is 57.2 Å². The number of aromatic nitrogens is 10. The van der Waals surface area contributed by atoms with Gasteiger partial charge in [-0.15, -0.1) is 21.5 Å². The molecule has 49 heavy (non-hydrogen) atoms. The van der Waals surface area contributed by atoms with Gasteiger partial charge in [-0.25, -0.2) is 19.3 Å². The maximum absolute atomic E-state index is 11.8. The lowest BCUT2D eigenvalue weighted by Crippen LogP contribution is -2.18. The van der Waals surface area contributed by atoms with Crippen molar-refractivity contribution in [2.75, 3.05) is 24.2 Å². The number of nitrogens with one attached hydrogen (secondary N) is 1. The van der Waals surface area contributed by atoms with Crippen LogP contribution in [0.1, 0.15) is 21.5 Å². The SMILES string of the molecule is CNC(=O)c1cccc(Cn2nnc3c(-c4ccco4)nc(N)nc32)c1.Nc1cccc(Cn2nnc3c(-c4cccs4)nc(N)nc32)c1. The van der Waals surface area contributed by atoms with Crippen molar-refractivity contribution in [1.82, 2.24) is 55.2 Å². The molecule has 0 saturated carbocycles. The molecule has 0 radical (unpaired) electrons. The molecule has 0 bridgehead atoms. The van der Waals surface area contributed by atoms with Crippen LogP contribution < -0.4 is 22.5 Å². The van der Waals surface area contributed by atoms with Gasteiger partial charge >= 0.3 is 0 Å². The van der Waals surface area contributed by atoms with E-state index in [-0.39, 0.29) is 17.8 Å². The Labute approximate surface area is 281 Å². The summed E-state index contributed by atoms with van der Waals surface area (Å²) in [6.45, 7) is 0.900. The highest BCUT2D eigenvalue weighted by Crippen LogP contribution is 2.29. The van der Waals surface area contributed by atoms with Gasteiger partial charge in [-0.05, 0) is 59.0 Å². The zero-order valence-electron chi connectivity index (χ0n) is 25.9. The molecule has 0 saturated heterocycles. The summed E-state index contributed by atoms with van der Waals surface area (Å²) in [7, 11) is 1.59. The number of nitrogen functional groups attached to an aromatic ring is 3. The molecule has 0 spiro atoms. The summed E-state index contributed by atoms with van der Waals surface area (Å²) in [6, 6.07) is 22.4. The number of thiophene rings is 1. The lowest BCUT2D eigenvalue weighted by Gasteiger charge is -2.06. The van der Waals surface area contributed by atoms with Crippen molar-refractivity contribution in [2.45, 2.75) is 13.1 Å². The largest absolute Gasteiger partial charge is 0.463 e. The Balaban J connectivity index is 0.000000155. The molecule has 0 unspecified atom stereocenters. The number of amides is 1. The number of rotatable bonds is 7. The molecule has 6 heterocycles. The molecule has 17 heteroatoms. The second kappa shape index (κ2) is 13.2. The smallest absolute Gasteiger partial charge is 0.251 e. The zero-order valence-corrected chi connectivity index (χ0v) is 26.7. The molecule has 0 aliphatic rings. The number of benzene rings is 2. The molecule has 8 aromatic rings. The molecule has 0 aliphatic heterocycles. The van der Waals surface area contributed by atoms with Crippen molar-refractivity contribution in [2.24, 2.45) is 0 Å². The van der Waals surface area contributed by atoms with Crippen molar-refractivity contribution in [1.29, 1.82) is 0 Å². The van der Waals surface area contributed by atoms with E-state index in [4.69, 9.17) is 21.6 Å². The molecule has 2 aromatic carbocycles. The summed E-state index contributed by atoms with van der Waals surface area (Å²) in [5.74, 6) is 0.698. The van der Waals surface area contributed by atoms with Crippen LogP contribution in [0.3, 0.4) is 0 Å². The van der Waals surface area contributed by atoms with Gasteiger partial charge in [-0.1, -0.05) is 40.8 Å². The Morgan fingerprint density at radius 2 is 1.43 bits per heavy atom. The van der Waals surface area contributed by atoms with E-state index in [9.17, 15) is 4.79 Å². The number of carbonyl (C=O) groups excluding carboxylic acids is 1. The first-order valence-corrected chi connectivity index (χ1v) is 15.7. The molecule has 0 atom stereocenters. The highest BCUT2D eigenvalue weighted by Gasteiger charge is 2.18. The van der Waals surface area contributed by atoms with Crippen molar-refractivity contribution < 1.29 is 9.21 Å². The fourth-order valence-electron chi connectivity index (χ4n) is 5.12. The Kier molecular flexibility index (Phi) is 8.30. The average molecular weight is 673 g/mol. The summed E-state index contributed by atoms with van der Waals surface area (Å²) in [4.78, 5) is 29.9. The molecular formula is C32H28N14O2S. The molecule has 1 amide bonds. The van der Waals surface area contributed by atoms with Crippen LogP contribution in [0, 0.1) is 0 Å². The van der Waals surface area contributed by atoms with Gasteiger partial charge in [-0.3, -0.25) is 4.79 Å². The molecule has 7 N–H and O–H groups in total. The lowest BCUT2D eigenvalue weighted by atomic mass is 10.1. The van der Waals surface area contributed by atoms with Gasteiger partial charge in [0.2, 0.25) is 11.9 Å². The predicted molar refractivity (Wildman–Crippen MR) is 185 cm³/mol. The summed E-state index contributed by atoms with van der Waals surface area (Å²) >= 11 is 1.58. The van der Waals surface area contributed by atoms with Crippen LogP contribution in [0.2, 0.25) is 0 Å². The molecule has 16 nitrogen and oxygen atoms in total. The van der Waals surface area contributed by atoms with E-state index < -0.39 is 0 Å². The van der Waals surface area contributed by atoms with Gasteiger partial charge in [0.25, 0.3) is 5.91 Å². The minimum atomic E-state index is -0.151.